The lowest BCUT2D eigenvalue weighted by atomic mass is 10.0. The Kier molecular flexibility index (Phi) is 3.25. The van der Waals surface area contributed by atoms with Crippen LogP contribution in [0.2, 0.25) is 0 Å². The maximum absolute atomic E-state index is 4.49. The summed E-state index contributed by atoms with van der Waals surface area (Å²) in [6.07, 6.45) is 10.5. The molecular weight excluding hydrogens is 264 g/mol. The molecule has 112 valence electrons. The first-order chi connectivity index (χ1) is 10.3. The molecule has 2 aromatic heterocycles. The van der Waals surface area contributed by atoms with Crippen molar-refractivity contribution < 1.29 is 0 Å². The Hall–Kier alpha value is -1.69. The van der Waals surface area contributed by atoms with Crippen molar-refractivity contribution >= 4 is 0 Å². The number of aromatic nitrogens is 5. The molecule has 1 fully saturated rings. The second kappa shape index (κ2) is 5.26. The molecule has 2 aliphatic rings. The highest BCUT2D eigenvalue weighted by Crippen LogP contribution is 2.29. The lowest BCUT2D eigenvalue weighted by Crippen LogP contribution is -2.35. The predicted octanol–water partition coefficient (Wildman–Crippen LogP) is 1.44. The molecule has 1 saturated carbocycles. The van der Waals surface area contributed by atoms with Crippen LogP contribution in [0.4, 0.5) is 0 Å². The van der Waals surface area contributed by atoms with Crippen LogP contribution in [-0.2, 0) is 20.0 Å². The molecule has 21 heavy (non-hydrogen) atoms. The van der Waals surface area contributed by atoms with Crippen molar-refractivity contribution in [3.63, 3.8) is 0 Å². The van der Waals surface area contributed by atoms with Gasteiger partial charge in [0.25, 0.3) is 0 Å². The van der Waals surface area contributed by atoms with Crippen molar-refractivity contribution in [3.8, 4) is 0 Å². The van der Waals surface area contributed by atoms with E-state index in [0.717, 1.165) is 31.3 Å². The summed E-state index contributed by atoms with van der Waals surface area (Å²) in [7, 11) is 1.95. The predicted molar refractivity (Wildman–Crippen MR) is 78.7 cm³/mol. The first-order valence-corrected chi connectivity index (χ1v) is 7.95. The van der Waals surface area contributed by atoms with Crippen LogP contribution in [0.25, 0.3) is 0 Å². The fourth-order valence-corrected chi connectivity index (χ4v) is 3.70. The molecular formula is C15H22N6. The van der Waals surface area contributed by atoms with Gasteiger partial charge < -0.3 is 9.88 Å². The molecule has 1 N–H and O–H groups in total. The zero-order chi connectivity index (χ0) is 14.2. The molecule has 0 spiro atoms. The lowest BCUT2D eigenvalue weighted by molar-refractivity contribution is 0.433. The van der Waals surface area contributed by atoms with Crippen molar-refractivity contribution in [1.29, 1.82) is 0 Å². The maximum atomic E-state index is 4.49. The Morgan fingerprint density at radius 3 is 2.90 bits per heavy atom. The van der Waals surface area contributed by atoms with Gasteiger partial charge in [0, 0.05) is 38.3 Å². The Balaban J connectivity index is 1.61. The summed E-state index contributed by atoms with van der Waals surface area (Å²) in [5, 5.41) is 16.8. The number of nitrogens with one attached hydrogen (secondary N) is 1. The third kappa shape index (κ3) is 2.37. The van der Waals surface area contributed by atoms with Gasteiger partial charge in [-0.15, -0.1) is 10.2 Å². The van der Waals surface area contributed by atoms with Gasteiger partial charge >= 0.3 is 0 Å². The molecule has 0 saturated heterocycles. The van der Waals surface area contributed by atoms with E-state index in [1.807, 2.05) is 17.9 Å². The Labute approximate surface area is 124 Å². The molecule has 1 aliphatic carbocycles. The summed E-state index contributed by atoms with van der Waals surface area (Å²) in [6, 6.07) is 0.122. The minimum atomic E-state index is 0.122. The molecule has 0 amide bonds. The first kappa shape index (κ1) is 13.0. The van der Waals surface area contributed by atoms with Crippen molar-refractivity contribution in [2.45, 2.75) is 44.7 Å². The van der Waals surface area contributed by atoms with Crippen molar-refractivity contribution in [1.82, 2.24) is 29.9 Å². The monoisotopic (exact) mass is 286 g/mol. The van der Waals surface area contributed by atoms with Crippen LogP contribution in [-0.4, -0.2) is 31.1 Å². The molecule has 0 radical (unpaired) electrons. The summed E-state index contributed by atoms with van der Waals surface area (Å²) in [5.74, 6) is 3.03. The van der Waals surface area contributed by atoms with Crippen LogP contribution >= 0.6 is 0 Å². The van der Waals surface area contributed by atoms with Crippen LogP contribution in [0.1, 0.15) is 48.9 Å². The van der Waals surface area contributed by atoms with Crippen LogP contribution in [0.15, 0.2) is 12.4 Å². The number of hydrogen-bond donors (Lipinski definition) is 1. The molecule has 2 aromatic rings. The van der Waals surface area contributed by atoms with Gasteiger partial charge in [-0.1, -0.05) is 25.7 Å². The van der Waals surface area contributed by atoms with Crippen LogP contribution < -0.4 is 5.32 Å². The van der Waals surface area contributed by atoms with E-state index in [0.29, 0.717) is 0 Å². The normalized spacial score (nSPS) is 22.6. The van der Waals surface area contributed by atoms with Crippen molar-refractivity contribution in [3.05, 3.63) is 29.6 Å². The lowest BCUT2D eigenvalue weighted by Gasteiger charge is -2.24. The molecule has 6 nitrogen and oxygen atoms in total. The Bertz CT molecular complexity index is 622. The smallest absolute Gasteiger partial charge is 0.154 e. The number of nitrogens with zero attached hydrogens (tertiary/aromatic N) is 5. The summed E-state index contributed by atoms with van der Waals surface area (Å²) in [5.41, 5.74) is 1.17. The second-order valence-electron chi connectivity index (χ2n) is 6.32. The fraction of sp³-hybridized carbons (Fsp3) is 0.667. The van der Waals surface area contributed by atoms with Crippen LogP contribution in [0.3, 0.4) is 0 Å². The van der Waals surface area contributed by atoms with Crippen molar-refractivity contribution in [2.24, 2.45) is 13.0 Å². The quantitative estimate of drug-likeness (QED) is 0.927. The topological polar surface area (TPSA) is 60.6 Å². The van der Waals surface area contributed by atoms with E-state index in [1.165, 1.54) is 37.1 Å². The second-order valence-corrected chi connectivity index (χ2v) is 6.32. The molecule has 0 bridgehead atoms. The van der Waals surface area contributed by atoms with Gasteiger partial charge in [-0.2, -0.15) is 5.10 Å². The first-order valence-electron chi connectivity index (χ1n) is 7.95. The average molecular weight is 286 g/mol. The highest BCUT2D eigenvalue weighted by atomic mass is 15.3. The van der Waals surface area contributed by atoms with Gasteiger partial charge in [0.05, 0.1) is 12.2 Å². The van der Waals surface area contributed by atoms with Gasteiger partial charge in [-0.25, -0.2) is 0 Å². The number of hydrogen-bond acceptors (Lipinski definition) is 4. The third-order valence-electron chi connectivity index (χ3n) is 4.80. The number of rotatable bonds is 3. The van der Waals surface area contributed by atoms with E-state index in [4.69, 9.17) is 0 Å². The fourth-order valence-electron chi connectivity index (χ4n) is 3.70. The van der Waals surface area contributed by atoms with Crippen LogP contribution in [0.5, 0.6) is 0 Å². The largest absolute Gasteiger partial charge is 0.312 e. The van der Waals surface area contributed by atoms with Crippen LogP contribution in [0, 0.1) is 5.92 Å². The molecule has 6 heteroatoms. The zero-order valence-electron chi connectivity index (χ0n) is 12.5. The summed E-state index contributed by atoms with van der Waals surface area (Å²) in [6.45, 7) is 1.93. The van der Waals surface area contributed by atoms with E-state index in [9.17, 15) is 0 Å². The Morgan fingerprint density at radius 2 is 2.14 bits per heavy atom. The summed E-state index contributed by atoms with van der Waals surface area (Å²) < 4.78 is 4.16. The van der Waals surface area contributed by atoms with Gasteiger partial charge in [0.2, 0.25) is 0 Å². The third-order valence-corrected chi connectivity index (χ3v) is 4.80. The molecule has 3 heterocycles. The van der Waals surface area contributed by atoms with E-state index < -0.39 is 0 Å². The SMILES string of the molecule is Cn1cc(C2NCCn3c(CC4CCCC4)nnc32)cn1. The molecule has 4 rings (SSSR count). The molecule has 0 aromatic carbocycles. The highest BCUT2D eigenvalue weighted by Gasteiger charge is 2.28. The summed E-state index contributed by atoms with van der Waals surface area (Å²) in [4.78, 5) is 0. The molecule has 1 unspecified atom stereocenters. The number of aryl methyl sites for hydroxylation is 1. The van der Waals surface area contributed by atoms with Gasteiger partial charge in [0.15, 0.2) is 5.82 Å². The van der Waals surface area contributed by atoms with E-state index >= 15 is 0 Å². The molecule has 1 aliphatic heterocycles. The zero-order valence-corrected chi connectivity index (χ0v) is 12.5. The van der Waals surface area contributed by atoms with Gasteiger partial charge in [0.1, 0.15) is 5.82 Å². The average Bonchev–Trinajstić information content (AvgIpc) is 3.21. The minimum absolute atomic E-state index is 0.122. The number of fused-ring (bicyclic) bond motifs is 1. The van der Waals surface area contributed by atoms with Gasteiger partial charge in [-0.05, 0) is 5.92 Å². The molecule has 1 atom stereocenters. The van der Waals surface area contributed by atoms with Crippen molar-refractivity contribution in [2.75, 3.05) is 6.54 Å². The maximum Gasteiger partial charge on any atom is 0.154 e. The Morgan fingerprint density at radius 1 is 1.29 bits per heavy atom. The van der Waals surface area contributed by atoms with Gasteiger partial charge in [-0.3, -0.25) is 4.68 Å². The highest BCUT2D eigenvalue weighted by molar-refractivity contribution is 5.21. The summed E-state index contributed by atoms with van der Waals surface area (Å²) >= 11 is 0. The van der Waals surface area contributed by atoms with E-state index in [-0.39, 0.29) is 6.04 Å². The van der Waals surface area contributed by atoms with E-state index in [2.05, 4.69) is 31.4 Å². The standard InChI is InChI=1S/C15H22N6/c1-20-10-12(9-17-20)14-15-19-18-13(21(15)7-6-16-14)8-11-4-2-3-5-11/h9-11,14,16H,2-8H2,1H3. The minimum Gasteiger partial charge on any atom is -0.312 e. The van der Waals surface area contributed by atoms with E-state index in [1.54, 1.807) is 0 Å².